The molecule has 1 N–H and O–H groups in total. The molecule has 0 bridgehead atoms. The van der Waals surface area contributed by atoms with Crippen LogP contribution in [0.4, 0.5) is 0 Å². The number of aromatic nitrogens is 4. The molecule has 1 heterocycles. The van der Waals surface area contributed by atoms with Gasteiger partial charge in [0.25, 0.3) is 0 Å². The van der Waals surface area contributed by atoms with Crippen LogP contribution in [0.5, 0.6) is 0 Å². The molecule has 0 aliphatic carbocycles. The highest BCUT2D eigenvalue weighted by Crippen LogP contribution is 2.22. The number of hydrogen-bond acceptors (Lipinski definition) is 6. The Bertz CT molecular complexity index is 320. The fraction of sp³-hybridized carbons (Fsp3) is 0.909. The van der Waals surface area contributed by atoms with Crippen molar-refractivity contribution in [2.24, 2.45) is 0 Å². The molecule has 1 atom stereocenters. The van der Waals surface area contributed by atoms with Crippen LogP contribution in [0.1, 0.15) is 26.7 Å². The molecule has 7 heteroatoms. The Labute approximate surface area is 113 Å². The van der Waals surface area contributed by atoms with Gasteiger partial charge in [0.15, 0.2) is 0 Å². The molecule has 1 unspecified atom stereocenters. The monoisotopic (exact) mass is 273 g/mol. The Morgan fingerprint density at radius 3 is 3.00 bits per heavy atom. The molecule has 0 aliphatic heterocycles. The van der Waals surface area contributed by atoms with Gasteiger partial charge in [0.1, 0.15) is 0 Å². The number of methoxy groups -OCH3 is 1. The van der Waals surface area contributed by atoms with Crippen molar-refractivity contribution < 1.29 is 4.74 Å². The van der Waals surface area contributed by atoms with E-state index in [0.29, 0.717) is 5.25 Å². The topological polar surface area (TPSA) is 64.9 Å². The average molecular weight is 273 g/mol. The van der Waals surface area contributed by atoms with Gasteiger partial charge in [0, 0.05) is 25.5 Å². The summed E-state index contributed by atoms with van der Waals surface area (Å²) in [6, 6.07) is 0. The lowest BCUT2D eigenvalue weighted by Gasteiger charge is -2.10. The normalized spacial score (nSPS) is 12.8. The lowest BCUT2D eigenvalue weighted by atomic mass is 10.3. The van der Waals surface area contributed by atoms with Gasteiger partial charge in [-0.25, -0.2) is 4.68 Å². The molecule has 0 fully saturated rings. The van der Waals surface area contributed by atoms with E-state index in [1.54, 1.807) is 18.9 Å². The zero-order valence-corrected chi connectivity index (χ0v) is 12.2. The van der Waals surface area contributed by atoms with Crippen LogP contribution in [-0.2, 0) is 11.3 Å². The van der Waals surface area contributed by atoms with E-state index in [1.807, 2.05) is 4.68 Å². The Hall–Kier alpha value is -0.660. The fourth-order valence-electron chi connectivity index (χ4n) is 1.43. The molecule has 0 saturated carbocycles. The van der Waals surface area contributed by atoms with E-state index in [4.69, 9.17) is 4.74 Å². The van der Waals surface area contributed by atoms with Gasteiger partial charge in [-0.15, -0.1) is 5.10 Å². The summed E-state index contributed by atoms with van der Waals surface area (Å²) in [4.78, 5) is 0. The first-order valence-electron chi connectivity index (χ1n) is 6.40. The Kier molecular flexibility index (Phi) is 7.95. The summed E-state index contributed by atoms with van der Waals surface area (Å²) in [5.74, 6) is 0. The first-order valence-corrected chi connectivity index (χ1v) is 7.28. The second-order valence-corrected chi connectivity index (χ2v) is 5.55. The third-order valence-electron chi connectivity index (χ3n) is 2.46. The van der Waals surface area contributed by atoms with Crippen molar-refractivity contribution in [1.82, 2.24) is 25.5 Å². The zero-order chi connectivity index (χ0) is 13.2. The van der Waals surface area contributed by atoms with Crippen LogP contribution in [-0.4, -0.2) is 52.3 Å². The standard InChI is InChI=1S/C11H23N5OS/c1-4-6-12-7-8-16-11(13-14-15-16)18-10(2)5-9-17-3/h10,12H,4-9H2,1-3H3. The number of nitrogens with zero attached hydrogens (tertiary/aromatic N) is 4. The number of tetrazole rings is 1. The quantitative estimate of drug-likeness (QED) is 0.510. The number of hydrogen-bond donors (Lipinski definition) is 1. The van der Waals surface area contributed by atoms with Gasteiger partial charge >= 0.3 is 0 Å². The van der Waals surface area contributed by atoms with Crippen LogP contribution < -0.4 is 5.32 Å². The summed E-state index contributed by atoms with van der Waals surface area (Å²) in [6.45, 7) is 7.84. The van der Waals surface area contributed by atoms with Gasteiger partial charge in [0.05, 0.1) is 6.54 Å². The van der Waals surface area contributed by atoms with Gasteiger partial charge < -0.3 is 10.1 Å². The maximum Gasteiger partial charge on any atom is 0.209 e. The van der Waals surface area contributed by atoms with Crippen molar-refractivity contribution in [3.63, 3.8) is 0 Å². The number of nitrogens with one attached hydrogen (secondary N) is 1. The molecule has 0 radical (unpaired) electrons. The molecular formula is C11H23N5OS. The molecule has 1 aromatic heterocycles. The number of ether oxygens (including phenoxy) is 1. The minimum absolute atomic E-state index is 0.457. The van der Waals surface area contributed by atoms with Crippen molar-refractivity contribution in [1.29, 1.82) is 0 Å². The molecule has 0 aliphatic rings. The summed E-state index contributed by atoms with van der Waals surface area (Å²) in [5.41, 5.74) is 0. The highest BCUT2D eigenvalue weighted by molar-refractivity contribution is 7.99. The molecule has 6 nitrogen and oxygen atoms in total. The smallest absolute Gasteiger partial charge is 0.209 e. The van der Waals surface area contributed by atoms with E-state index in [9.17, 15) is 0 Å². The van der Waals surface area contributed by atoms with E-state index < -0.39 is 0 Å². The summed E-state index contributed by atoms with van der Waals surface area (Å²) in [6.07, 6.45) is 2.15. The molecule has 0 spiro atoms. The number of thioether (sulfide) groups is 1. The third kappa shape index (κ3) is 5.79. The third-order valence-corrected chi connectivity index (χ3v) is 3.60. The maximum atomic E-state index is 5.07. The van der Waals surface area contributed by atoms with Crippen molar-refractivity contribution in [3.8, 4) is 0 Å². The molecule has 0 aromatic carbocycles. The van der Waals surface area contributed by atoms with Gasteiger partial charge in [-0.3, -0.25) is 0 Å². The predicted octanol–water partition coefficient (Wildman–Crippen LogP) is 1.19. The average Bonchev–Trinajstić information content (AvgIpc) is 2.79. The highest BCUT2D eigenvalue weighted by Gasteiger charge is 2.11. The van der Waals surface area contributed by atoms with Crippen molar-refractivity contribution >= 4 is 11.8 Å². The lowest BCUT2D eigenvalue weighted by molar-refractivity contribution is 0.195. The minimum atomic E-state index is 0.457. The molecule has 104 valence electrons. The van der Waals surface area contributed by atoms with Crippen LogP contribution in [0.15, 0.2) is 5.16 Å². The fourth-order valence-corrected chi connectivity index (χ4v) is 2.34. The summed E-state index contributed by atoms with van der Waals surface area (Å²) >= 11 is 1.70. The summed E-state index contributed by atoms with van der Waals surface area (Å²) in [5, 5.41) is 16.5. The Morgan fingerprint density at radius 1 is 1.44 bits per heavy atom. The predicted molar refractivity (Wildman–Crippen MR) is 72.8 cm³/mol. The van der Waals surface area contributed by atoms with Crippen molar-refractivity contribution in [3.05, 3.63) is 0 Å². The first kappa shape index (κ1) is 15.4. The number of rotatable bonds is 10. The SMILES string of the molecule is CCCNCCn1nnnc1SC(C)CCOC. The first-order chi connectivity index (χ1) is 8.77. The Morgan fingerprint density at radius 2 is 2.28 bits per heavy atom. The summed E-state index contributed by atoms with van der Waals surface area (Å²) < 4.78 is 6.93. The lowest BCUT2D eigenvalue weighted by Crippen LogP contribution is -2.21. The molecule has 1 aromatic rings. The summed E-state index contributed by atoms with van der Waals surface area (Å²) in [7, 11) is 1.72. The van der Waals surface area contributed by atoms with Crippen LogP contribution in [0, 0.1) is 0 Å². The maximum absolute atomic E-state index is 5.07. The molecule has 0 amide bonds. The van der Waals surface area contributed by atoms with E-state index in [2.05, 4.69) is 34.7 Å². The van der Waals surface area contributed by atoms with Crippen LogP contribution >= 0.6 is 11.8 Å². The van der Waals surface area contributed by atoms with Gasteiger partial charge in [-0.2, -0.15) is 0 Å². The van der Waals surface area contributed by atoms with E-state index in [1.165, 1.54) is 0 Å². The van der Waals surface area contributed by atoms with Crippen LogP contribution in [0.3, 0.4) is 0 Å². The van der Waals surface area contributed by atoms with Gasteiger partial charge in [-0.05, 0) is 29.8 Å². The second kappa shape index (κ2) is 9.29. The van der Waals surface area contributed by atoms with E-state index in [0.717, 1.165) is 44.2 Å². The molecule has 0 saturated heterocycles. The van der Waals surface area contributed by atoms with Crippen LogP contribution in [0.2, 0.25) is 0 Å². The minimum Gasteiger partial charge on any atom is -0.385 e. The van der Waals surface area contributed by atoms with E-state index in [-0.39, 0.29) is 0 Å². The highest BCUT2D eigenvalue weighted by atomic mass is 32.2. The van der Waals surface area contributed by atoms with Crippen LogP contribution in [0.25, 0.3) is 0 Å². The Balaban J connectivity index is 2.34. The van der Waals surface area contributed by atoms with Gasteiger partial charge in [0.2, 0.25) is 5.16 Å². The molecular weight excluding hydrogens is 250 g/mol. The van der Waals surface area contributed by atoms with Crippen molar-refractivity contribution in [2.75, 3.05) is 26.8 Å². The zero-order valence-electron chi connectivity index (χ0n) is 11.4. The largest absolute Gasteiger partial charge is 0.385 e. The van der Waals surface area contributed by atoms with E-state index >= 15 is 0 Å². The van der Waals surface area contributed by atoms with Crippen molar-refractivity contribution in [2.45, 2.75) is 43.6 Å². The molecule has 1 rings (SSSR count). The molecule has 18 heavy (non-hydrogen) atoms. The van der Waals surface area contributed by atoms with Gasteiger partial charge in [-0.1, -0.05) is 25.6 Å². The second-order valence-electron chi connectivity index (χ2n) is 4.14.